The fraction of sp³-hybridized carbons (Fsp3) is 0.158. The Hall–Kier alpha value is -3.22. The van der Waals surface area contributed by atoms with E-state index < -0.39 is 35.6 Å². The summed E-state index contributed by atoms with van der Waals surface area (Å²) in [4.78, 5) is 23.5. The minimum absolute atomic E-state index is 0.473. The molecule has 7 heteroatoms. The topological polar surface area (TPSA) is 61.8 Å². The van der Waals surface area contributed by atoms with Gasteiger partial charge in [0.15, 0.2) is 6.61 Å². The molecule has 2 aromatic carbocycles. The number of Topliss-reactive ketones (excluding diaryl/α,β-unsaturated/α-hetero) is 1. The van der Waals surface area contributed by atoms with Gasteiger partial charge in [0.25, 0.3) is 0 Å². The zero-order valence-corrected chi connectivity index (χ0v) is 14.1. The summed E-state index contributed by atoms with van der Waals surface area (Å²) >= 11 is 0. The van der Waals surface area contributed by atoms with E-state index in [0.717, 1.165) is 24.3 Å². The number of hydrogen-bond acceptors (Lipinski definition) is 5. The Balaban J connectivity index is 1.99. The first-order valence-electron chi connectivity index (χ1n) is 7.49. The second kappa shape index (κ2) is 8.75. The molecule has 5 nitrogen and oxygen atoms in total. The van der Waals surface area contributed by atoms with E-state index in [0.29, 0.717) is 17.1 Å². The Bertz CT molecular complexity index is 824. The van der Waals surface area contributed by atoms with Crippen LogP contribution in [-0.4, -0.2) is 32.6 Å². The minimum atomic E-state index is -0.883. The van der Waals surface area contributed by atoms with Crippen LogP contribution in [0.4, 0.5) is 8.78 Å². The number of ketones is 1. The van der Waals surface area contributed by atoms with Gasteiger partial charge in [-0.05, 0) is 42.0 Å². The number of halogens is 2. The third kappa shape index (κ3) is 5.14. The molecule has 136 valence electrons. The van der Waals surface area contributed by atoms with Crippen LogP contribution in [0.15, 0.2) is 42.5 Å². The maximum Gasteiger partial charge on any atom is 0.331 e. The first-order chi connectivity index (χ1) is 12.4. The van der Waals surface area contributed by atoms with E-state index in [1.807, 2.05) is 0 Å². The summed E-state index contributed by atoms with van der Waals surface area (Å²) in [6.45, 7) is -0.703. The lowest BCUT2D eigenvalue weighted by atomic mass is 10.1. The first kappa shape index (κ1) is 19.1. The van der Waals surface area contributed by atoms with Crippen molar-refractivity contribution >= 4 is 17.8 Å². The number of esters is 1. The predicted molar refractivity (Wildman–Crippen MR) is 90.2 cm³/mol. The number of hydrogen-bond donors (Lipinski definition) is 0. The summed E-state index contributed by atoms with van der Waals surface area (Å²) in [5.41, 5.74) is 0.139. The van der Waals surface area contributed by atoms with Crippen molar-refractivity contribution in [3.8, 4) is 11.5 Å². The lowest BCUT2D eigenvalue weighted by Crippen LogP contribution is -2.14. The van der Waals surface area contributed by atoms with Gasteiger partial charge in [-0.3, -0.25) is 4.79 Å². The van der Waals surface area contributed by atoms with Gasteiger partial charge in [-0.1, -0.05) is 0 Å². The van der Waals surface area contributed by atoms with Crippen molar-refractivity contribution in [2.45, 2.75) is 0 Å². The third-order valence-corrected chi connectivity index (χ3v) is 3.36. The van der Waals surface area contributed by atoms with E-state index in [2.05, 4.69) is 0 Å². The second-order valence-corrected chi connectivity index (χ2v) is 5.13. The Morgan fingerprint density at radius 1 is 1.00 bits per heavy atom. The molecular weight excluding hydrogens is 346 g/mol. The third-order valence-electron chi connectivity index (χ3n) is 3.36. The Labute approximate surface area is 148 Å². The zero-order chi connectivity index (χ0) is 19.1. The van der Waals surface area contributed by atoms with Gasteiger partial charge < -0.3 is 14.2 Å². The number of ether oxygens (including phenoxy) is 3. The molecule has 0 radical (unpaired) electrons. The molecule has 0 spiro atoms. The van der Waals surface area contributed by atoms with E-state index in [4.69, 9.17) is 14.2 Å². The minimum Gasteiger partial charge on any atom is -0.497 e. The summed E-state index contributed by atoms with van der Waals surface area (Å²) in [5.74, 6) is -2.22. The summed E-state index contributed by atoms with van der Waals surface area (Å²) in [5, 5.41) is 0. The fourth-order valence-electron chi connectivity index (χ4n) is 2.06. The van der Waals surface area contributed by atoms with Crippen molar-refractivity contribution in [2.75, 3.05) is 20.8 Å². The lowest BCUT2D eigenvalue weighted by Gasteiger charge is -2.06. The monoisotopic (exact) mass is 362 g/mol. The van der Waals surface area contributed by atoms with Crippen LogP contribution in [0, 0.1) is 11.6 Å². The van der Waals surface area contributed by atoms with Crippen LogP contribution in [0.25, 0.3) is 6.08 Å². The fourth-order valence-corrected chi connectivity index (χ4v) is 2.06. The Kier molecular flexibility index (Phi) is 6.43. The molecule has 0 atom stereocenters. The summed E-state index contributed by atoms with van der Waals surface area (Å²) < 4.78 is 41.6. The van der Waals surface area contributed by atoms with E-state index in [9.17, 15) is 18.4 Å². The molecule has 0 aliphatic carbocycles. The Morgan fingerprint density at radius 3 is 2.27 bits per heavy atom. The number of benzene rings is 2. The summed E-state index contributed by atoms with van der Waals surface area (Å²) in [7, 11) is 2.99. The molecular formula is C19H16F2O5. The highest BCUT2D eigenvalue weighted by Crippen LogP contribution is 2.23. The number of rotatable bonds is 7. The van der Waals surface area contributed by atoms with Crippen LogP contribution >= 0.6 is 0 Å². The van der Waals surface area contributed by atoms with Crippen molar-refractivity contribution < 1.29 is 32.6 Å². The van der Waals surface area contributed by atoms with E-state index in [1.165, 1.54) is 20.3 Å². The standard InChI is InChI=1S/C19H16F2O5/c1-24-14-7-12(8-15(10-14)25-2)3-6-19(23)26-11-18(22)16-9-13(20)4-5-17(16)21/h3-10H,11H2,1-2H3/b6-3+. The molecule has 26 heavy (non-hydrogen) atoms. The van der Waals surface area contributed by atoms with Crippen LogP contribution in [-0.2, 0) is 9.53 Å². The molecule has 0 N–H and O–H groups in total. The molecule has 0 amide bonds. The molecule has 2 rings (SSSR count). The van der Waals surface area contributed by atoms with Gasteiger partial charge in [-0.25, -0.2) is 13.6 Å². The highest BCUT2D eigenvalue weighted by atomic mass is 19.1. The van der Waals surface area contributed by atoms with Crippen molar-refractivity contribution in [1.29, 1.82) is 0 Å². The highest BCUT2D eigenvalue weighted by molar-refractivity contribution is 5.99. The zero-order valence-electron chi connectivity index (χ0n) is 14.1. The van der Waals surface area contributed by atoms with Crippen LogP contribution < -0.4 is 9.47 Å². The van der Waals surface area contributed by atoms with Crippen molar-refractivity contribution in [2.24, 2.45) is 0 Å². The summed E-state index contributed by atoms with van der Waals surface area (Å²) in [6, 6.07) is 7.48. The number of methoxy groups -OCH3 is 2. The number of carbonyl (C=O) groups excluding carboxylic acids is 2. The van der Waals surface area contributed by atoms with Crippen LogP contribution in [0.1, 0.15) is 15.9 Å². The quantitative estimate of drug-likeness (QED) is 0.429. The molecule has 0 aliphatic rings. The smallest absolute Gasteiger partial charge is 0.331 e. The molecule has 0 unspecified atom stereocenters. The average Bonchev–Trinajstić information content (AvgIpc) is 2.65. The molecule has 0 aromatic heterocycles. The first-order valence-corrected chi connectivity index (χ1v) is 7.49. The van der Waals surface area contributed by atoms with E-state index in [-0.39, 0.29) is 0 Å². The maximum absolute atomic E-state index is 13.5. The molecule has 0 bridgehead atoms. The second-order valence-electron chi connectivity index (χ2n) is 5.13. The van der Waals surface area contributed by atoms with E-state index in [1.54, 1.807) is 18.2 Å². The predicted octanol–water partition coefficient (Wildman–Crippen LogP) is 3.42. The SMILES string of the molecule is COc1cc(/C=C/C(=O)OCC(=O)c2cc(F)ccc2F)cc(OC)c1. The van der Waals surface area contributed by atoms with Gasteiger partial charge >= 0.3 is 5.97 Å². The molecule has 0 heterocycles. The van der Waals surface area contributed by atoms with Gasteiger partial charge in [-0.2, -0.15) is 0 Å². The normalized spacial score (nSPS) is 10.6. The molecule has 0 aliphatic heterocycles. The molecule has 0 fully saturated rings. The van der Waals surface area contributed by atoms with Crippen molar-refractivity contribution in [1.82, 2.24) is 0 Å². The Morgan fingerprint density at radius 2 is 1.65 bits per heavy atom. The molecule has 0 saturated heterocycles. The summed E-state index contributed by atoms with van der Waals surface area (Å²) in [6.07, 6.45) is 2.55. The van der Waals surface area contributed by atoms with Gasteiger partial charge in [0.1, 0.15) is 23.1 Å². The van der Waals surface area contributed by atoms with E-state index >= 15 is 0 Å². The lowest BCUT2D eigenvalue weighted by molar-refractivity contribution is -0.136. The number of carbonyl (C=O) groups is 2. The van der Waals surface area contributed by atoms with Crippen molar-refractivity contribution in [3.63, 3.8) is 0 Å². The van der Waals surface area contributed by atoms with Gasteiger partial charge in [0.05, 0.1) is 19.8 Å². The largest absolute Gasteiger partial charge is 0.497 e. The van der Waals surface area contributed by atoms with Crippen LogP contribution in [0.2, 0.25) is 0 Å². The highest BCUT2D eigenvalue weighted by Gasteiger charge is 2.14. The van der Waals surface area contributed by atoms with Crippen molar-refractivity contribution in [3.05, 3.63) is 65.2 Å². The average molecular weight is 362 g/mol. The van der Waals surface area contributed by atoms with Gasteiger partial charge in [-0.15, -0.1) is 0 Å². The van der Waals surface area contributed by atoms with Gasteiger partial charge in [0, 0.05) is 12.1 Å². The van der Waals surface area contributed by atoms with Gasteiger partial charge in [0.2, 0.25) is 5.78 Å². The van der Waals surface area contributed by atoms with Crippen LogP contribution in [0.5, 0.6) is 11.5 Å². The van der Waals surface area contributed by atoms with Crippen LogP contribution in [0.3, 0.4) is 0 Å². The molecule has 0 saturated carbocycles. The molecule has 2 aromatic rings. The maximum atomic E-state index is 13.5.